The average Bonchev–Trinajstić information content (AvgIpc) is 2.77. The summed E-state index contributed by atoms with van der Waals surface area (Å²) in [6.45, 7) is 2.55. The van der Waals surface area contributed by atoms with E-state index in [-0.39, 0.29) is 6.03 Å². The van der Waals surface area contributed by atoms with E-state index in [9.17, 15) is 4.79 Å². The first-order valence-corrected chi connectivity index (χ1v) is 7.24. The van der Waals surface area contributed by atoms with Crippen molar-refractivity contribution in [2.45, 2.75) is 26.2 Å². The normalized spacial score (nSPS) is 10.4. The third kappa shape index (κ3) is 4.95. The zero-order valence-corrected chi connectivity index (χ0v) is 12.6. The predicted molar refractivity (Wildman–Crippen MR) is 84.3 cm³/mol. The van der Waals surface area contributed by atoms with E-state index in [1.807, 2.05) is 20.0 Å². The van der Waals surface area contributed by atoms with Gasteiger partial charge in [-0.2, -0.15) is 5.10 Å². The van der Waals surface area contributed by atoms with Crippen LogP contribution >= 0.6 is 0 Å². The molecule has 0 bridgehead atoms. The molecular formula is C16H22N4O. The lowest BCUT2D eigenvalue weighted by Gasteiger charge is -2.06. The minimum Gasteiger partial charge on any atom is -0.338 e. The van der Waals surface area contributed by atoms with Crippen LogP contribution in [-0.4, -0.2) is 22.4 Å². The number of hydrogen-bond donors (Lipinski definition) is 2. The third-order valence-electron chi connectivity index (χ3n) is 3.28. The minimum atomic E-state index is -0.175. The summed E-state index contributed by atoms with van der Waals surface area (Å²) in [4.78, 5) is 11.7. The molecular weight excluding hydrogens is 264 g/mol. The molecule has 1 heterocycles. The Balaban J connectivity index is 1.62. The van der Waals surface area contributed by atoms with Crippen LogP contribution in [0.2, 0.25) is 0 Å². The maximum Gasteiger partial charge on any atom is 0.319 e. The van der Waals surface area contributed by atoms with Gasteiger partial charge in [0.1, 0.15) is 0 Å². The van der Waals surface area contributed by atoms with Gasteiger partial charge >= 0.3 is 6.03 Å². The molecule has 1 aromatic carbocycles. The van der Waals surface area contributed by atoms with Crippen molar-refractivity contribution < 1.29 is 4.79 Å². The summed E-state index contributed by atoms with van der Waals surface area (Å²) in [5.41, 5.74) is 2.91. The zero-order valence-electron chi connectivity index (χ0n) is 12.6. The number of amides is 2. The van der Waals surface area contributed by atoms with Gasteiger partial charge in [-0.3, -0.25) is 4.68 Å². The molecule has 0 saturated carbocycles. The van der Waals surface area contributed by atoms with Crippen molar-refractivity contribution in [3.63, 3.8) is 0 Å². The molecule has 2 amide bonds. The molecule has 0 radical (unpaired) electrons. The fourth-order valence-corrected chi connectivity index (χ4v) is 2.19. The molecule has 0 spiro atoms. The lowest BCUT2D eigenvalue weighted by Crippen LogP contribution is -2.29. The van der Waals surface area contributed by atoms with Crippen LogP contribution in [0, 0.1) is 6.92 Å². The molecule has 0 fully saturated rings. The summed E-state index contributed by atoms with van der Waals surface area (Å²) in [6.07, 6.45) is 4.88. The van der Waals surface area contributed by atoms with E-state index in [4.69, 9.17) is 0 Å². The summed E-state index contributed by atoms with van der Waals surface area (Å²) < 4.78 is 1.69. The van der Waals surface area contributed by atoms with E-state index in [2.05, 4.69) is 40.0 Å². The summed E-state index contributed by atoms with van der Waals surface area (Å²) in [5, 5.41) is 9.85. The van der Waals surface area contributed by atoms with Crippen LogP contribution in [-0.2, 0) is 13.5 Å². The Hall–Kier alpha value is -2.30. The van der Waals surface area contributed by atoms with E-state index in [0.717, 1.165) is 30.6 Å². The molecule has 5 nitrogen and oxygen atoms in total. The molecule has 112 valence electrons. The van der Waals surface area contributed by atoms with Gasteiger partial charge in [0.15, 0.2) is 0 Å². The first-order valence-electron chi connectivity index (χ1n) is 7.24. The quantitative estimate of drug-likeness (QED) is 0.802. The van der Waals surface area contributed by atoms with Crippen LogP contribution in [0.25, 0.3) is 0 Å². The second kappa shape index (κ2) is 7.47. The number of benzene rings is 1. The van der Waals surface area contributed by atoms with E-state index >= 15 is 0 Å². The molecule has 21 heavy (non-hydrogen) atoms. The summed E-state index contributed by atoms with van der Waals surface area (Å²) in [6, 6.07) is 10.2. The van der Waals surface area contributed by atoms with Crippen molar-refractivity contribution >= 4 is 11.7 Å². The highest BCUT2D eigenvalue weighted by Gasteiger charge is 2.06. The predicted octanol–water partition coefficient (Wildman–Crippen LogP) is 2.87. The van der Waals surface area contributed by atoms with Gasteiger partial charge in [0.2, 0.25) is 0 Å². The van der Waals surface area contributed by atoms with Crippen LogP contribution in [0.1, 0.15) is 24.1 Å². The Bertz CT molecular complexity index is 577. The summed E-state index contributed by atoms with van der Waals surface area (Å²) in [7, 11) is 1.83. The fraction of sp³-hybridized carbons (Fsp3) is 0.375. The van der Waals surface area contributed by atoms with Crippen LogP contribution < -0.4 is 10.6 Å². The van der Waals surface area contributed by atoms with Crippen molar-refractivity contribution in [1.29, 1.82) is 0 Å². The summed E-state index contributed by atoms with van der Waals surface area (Å²) in [5.74, 6) is 0. The van der Waals surface area contributed by atoms with Gasteiger partial charge in [0, 0.05) is 19.8 Å². The number of carbonyl (C=O) groups excluding carboxylic acids is 1. The van der Waals surface area contributed by atoms with Crippen molar-refractivity contribution in [3.05, 3.63) is 47.8 Å². The van der Waals surface area contributed by atoms with Crippen LogP contribution in [0.15, 0.2) is 36.5 Å². The Labute approximate surface area is 125 Å². The number of hydrogen-bond acceptors (Lipinski definition) is 2. The second-order valence-electron chi connectivity index (χ2n) is 5.13. The number of carbonyl (C=O) groups is 1. The van der Waals surface area contributed by atoms with Gasteiger partial charge in [-0.1, -0.05) is 30.3 Å². The number of rotatable bonds is 6. The fourth-order valence-electron chi connectivity index (χ4n) is 2.19. The van der Waals surface area contributed by atoms with Gasteiger partial charge in [-0.25, -0.2) is 4.79 Å². The van der Waals surface area contributed by atoms with Crippen molar-refractivity contribution in [1.82, 2.24) is 15.1 Å². The van der Waals surface area contributed by atoms with E-state index in [1.54, 1.807) is 10.9 Å². The molecule has 0 aliphatic carbocycles. The van der Waals surface area contributed by atoms with Gasteiger partial charge in [0.25, 0.3) is 0 Å². The topological polar surface area (TPSA) is 59.0 Å². The molecule has 2 N–H and O–H groups in total. The first-order chi connectivity index (χ1) is 10.1. The van der Waals surface area contributed by atoms with Crippen LogP contribution in [0.3, 0.4) is 0 Å². The van der Waals surface area contributed by atoms with Crippen molar-refractivity contribution in [2.24, 2.45) is 7.05 Å². The second-order valence-corrected chi connectivity index (χ2v) is 5.13. The lowest BCUT2D eigenvalue weighted by atomic mass is 10.1. The highest BCUT2D eigenvalue weighted by molar-refractivity contribution is 5.89. The smallest absolute Gasteiger partial charge is 0.319 e. The minimum absolute atomic E-state index is 0.175. The standard InChI is InChI=1S/C16H22N4O/c1-13-15(12-20(2)19-13)18-16(21)17-11-7-6-10-14-8-4-3-5-9-14/h3-5,8-9,12H,6-7,10-11H2,1-2H3,(H2,17,18,21). The van der Waals surface area contributed by atoms with Gasteiger partial charge in [0.05, 0.1) is 11.4 Å². The first kappa shape index (κ1) is 15.1. The zero-order chi connectivity index (χ0) is 15.1. The summed E-state index contributed by atoms with van der Waals surface area (Å²) >= 11 is 0. The van der Waals surface area contributed by atoms with Crippen LogP contribution in [0.4, 0.5) is 10.5 Å². The average molecular weight is 286 g/mol. The number of unbranched alkanes of at least 4 members (excludes halogenated alkanes) is 1. The van der Waals surface area contributed by atoms with Crippen molar-refractivity contribution in [3.8, 4) is 0 Å². The number of nitrogens with one attached hydrogen (secondary N) is 2. The highest BCUT2D eigenvalue weighted by Crippen LogP contribution is 2.10. The van der Waals surface area contributed by atoms with Crippen molar-refractivity contribution in [2.75, 3.05) is 11.9 Å². The van der Waals surface area contributed by atoms with E-state index in [0.29, 0.717) is 6.54 Å². The van der Waals surface area contributed by atoms with Gasteiger partial charge < -0.3 is 10.6 Å². The lowest BCUT2D eigenvalue weighted by molar-refractivity contribution is 0.252. The molecule has 1 aromatic heterocycles. The molecule has 0 saturated heterocycles. The largest absolute Gasteiger partial charge is 0.338 e. The highest BCUT2D eigenvalue weighted by atomic mass is 16.2. The third-order valence-corrected chi connectivity index (χ3v) is 3.28. The molecule has 2 rings (SSSR count). The Morgan fingerprint density at radius 3 is 2.67 bits per heavy atom. The number of aromatic nitrogens is 2. The van der Waals surface area contributed by atoms with E-state index < -0.39 is 0 Å². The molecule has 0 aliphatic rings. The molecule has 0 atom stereocenters. The molecule has 0 unspecified atom stereocenters. The maximum absolute atomic E-state index is 11.7. The molecule has 2 aromatic rings. The Kier molecular flexibility index (Phi) is 5.37. The Morgan fingerprint density at radius 2 is 2.00 bits per heavy atom. The van der Waals surface area contributed by atoms with Crippen LogP contribution in [0.5, 0.6) is 0 Å². The van der Waals surface area contributed by atoms with E-state index in [1.165, 1.54) is 5.56 Å². The number of anilines is 1. The SMILES string of the molecule is Cc1nn(C)cc1NC(=O)NCCCCc1ccccc1. The monoisotopic (exact) mass is 286 g/mol. The number of urea groups is 1. The molecule has 0 aliphatic heterocycles. The maximum atomic E-state index is 11.7. The van der Waals surface area contributed by atoms with Gasteiger partial charge in [-0.05, 0) is 31.7 Å². The Morgan fingerprint density at radius 1 is 1.24 bits per heavy atom. The molecule has 5 heteroatoms. The van der Waals surface area contributed by atoms with Gasteiger partial charge in [-0.15, -0.1) is 0 Å². The number of nitrogens with zero attached hydrogens (tertiary/aromatic N) is 2. The number of aryl methyl sites for hydroxylation is 3.